The van der Waals surface area contributed by atoms with Gasteiger partial charge in [-0.25, -0.2) is 0 Å². The van der Waals surface area contributed by atoms with Crippen LogP contribution in [0.5, 0.6) is 34.5 Å². The van der Waals surface area contributed by atoms with Gasteiger partial charge in [-0.2, -0.15) is 0 Å². The highest BCUT2D eigenvalue weighted by Crippen LogP contribution is 2.34. The average molecular weight is 542 g/mol. The van der Waals surface area contributed by atoms with Crippen LogP contribution in [0, 0.1) is 0 Å². The van der Waals surface area contributed by atoms with Crippen molar-refractivity contribution in [3.05, 3.63) is 105 Å². The zero-order chi connectivity index (χ0) is 21.8. The van der Waals surface area contributed by atoms with E-state index in [1.54, 1.807) is 48.5 Å². The number of ether oxygens (including phenoxy) is 2. The molecule has 0 bridgehead atoms. The summed E-state index contributed by atoms with van der Waals surface area (Å²) in [6, 6.07) is 25.2. The van der Waals surface area contributed by atoms with Gasteiger partial charge in [0.05, 0.1) is 8.95 Å². The van der Waals surface area contributed by atoms with Gasteiger partial charge < -0.3 is 19.7 Å². The van der Waals surface area contributed by atoms with Crippen molar-refractivity contribution in [2.45, 2.75) is 6.42 Å². The third kappa shape index (κ3) is 5.60. The number of phenolic OH excluding ortho intramolecular Hbond substituents is 2. The van der Waals surface area contributed by atoms with Crippen LogP contribution < -0.4 is 9.47 Å². The Hall–Kier alpha value is -2.96. The van der Waals surface area contributed by atoms with Gasteiger partial charge in [-0.3, -0.25) is 0 Å². The van der Waals surface area contributed by atoms with E-state index in [1.165, 1.54) is 0 Å². The van der Waals surface area contributed by atoms with Crippen LogP contribution in [0.2, 0.25) is 0 Å². The summed E-state index contributed by atoms with van der Waals surface area (Å²) in [6.07, 6.45) is 0.746. The highest BCUT2D eigenvalue weighted by atomic mass is 79.9. The van der Waals surface area contributed by atoms with E-state index in [4.69, 9.17) is 9.47 Å². The van der Waals surface area contributed by atoms with Gasteiger partial charge in [-0.05, 0) is 122 Å². The molecule has 0 spiro atoms. The van der Waals surface area contributed by atoms with Crippen molar-refractivity contribution in [3.63, 3.8) is 0 Å². The van der Waals surface area contributed by atoms with E-state index in [1.807, 2.05) is 36.4 Å². The number of rotatable bonds is 6. The molecular weight excluding hydrogens is 524 g/mol. The fraction of sp³-hybridized carbons (Fsp3) is 0.0400. The van der Waals surface area contributed by atoms with E-state index in [0.717, 1.165) is 26.5 Å². The molecule has 4 rings (SSSR count). The molecule has 0 atom stereocenters. The van der Waals surface area contributed by atoms with Gasteiger partial charge in [0.1, 0.15) is 34.5 Å². The van der Waals surface area contributed by atoms with Crippen LogP contribution in [0.1, 0.15) is 11.1 Å². The van der Waals surface area contributed by atoms with Crippen LogP contribution in [0.4, 0.5) is 0 Å². The molecule has 6 heteroatoms. The van der Waals surface area contributed by atoms with Gasteiger partial charge in [0.2, 0.25) is 0 Å². The Morgan fingerprint density at radius 1 is 0.548 bits per heavy atom. The molecule has 0 radical (unpaired) electrons. The minimum absolute atomic E-state index is 0.201. The van der Waals surface area contributed by atoms with E-state index >= 15 is 0 Å². The van der Waals surface area contributed by atoms with Gasteiger partial charge in [-0.15, -0.1) is 0 Å². The zero-order valence-electron chi connectivity index (χ0n) is 16.3. The molecule has 0 aromatic heterocycles. The molecule has 4 aromatic carbocycles. The van der Waals surface area contributed by atoms with E-state index in [9.17, 15) is 10.2 Å². The minimum atomic E-state index is 0.201. The second-order valence-electron chi connectivity index (χ2n) is 6.90. The van der Waals surface area contributed by atoms with Gasteiger partial charge in [0, 0.05) is 0 Å². The molecule has 0 fully saturated rings. The van der Waals surface area contributed by atoms with Crippen LogP contribution in [-0.2, 0) is 6.42 Å². The van der Waals surface area contributed by atoms with Crippen molar-refractivity contribution < 1.29 is 19.7 Å². The molecule has 0 saturated carbocycles. The summed E-state index contributed by atoms with van der Waals surface area (Å²) in [5, 5.41) is 18.8. The largest absolute Gasteiger partial charge is 0.508 e. The third-order valence-electron chi connectivity index (χ3n) is 4.53. The van der Waals surface area contributed by atoms with Gasteiger partial charge >= 0.3 is 0 Å². The summed E-state index contributed by atoms with van der Waals surface area (Å²) in [7, 11) is 0. The third-order valence-corrected chi connectivity index (χ3v) is 5.77. The van der Waals surface area contributed by atoms with E-state index < -0.39 is 0 Å². The van der Waals surface area contributed by atoms with Crippen LogP contribution in [0.25, 0.3) is 0 Å². The van der Waals surface area contributed by atoms with Crippen molar-refractivity contribution >= 4 is 31.9 Å². The smallest absolute Gasteiger partial charge is 0.141 e. The normalized spacial score (nSPS) is 10.6. The van der Waals surface area contributed by atoms with Crippen LogP contribution in [0.15, 0.2) is 93.9 Å². The summed E-state index contributed by atoms with van der Waals surface area (Å²) < 4.78 is 13.4. The average Bonchev–Trinajstić information content (AvgIpc) is 2.75. The molecule has 0 heterocycles. The minimum Gasteiger partial charge on any atom is -0.508 e. The molecular formula is C25H18Br2O4. The van der Waals surface area contributed by atoms with Crippen LogP contribution in [-0.4, -0.2) is 10.2 Å². The topological polar surface area (TPSA) is 58.9 Å². The maximum absolute atomic E-state index is 9.39. The standard InChI is InChI=1S/C25H18Br2O4/c26-22-14-16(1-11-24(22)30-20-7-3-18(28)4-8-20)13-17-2-12-25(23(27)15-17)31-21-9-5-19(29)6-10-21/h1-12,14-15,28-29H,13H2. The summed E-state index contributed by atoms with van der Waals surface area (Å²) >= 11 is 7.16. The Morgan fingerprint density at radius 3 is 1.29 bits per heavy atom. The number of phenols is 2. The Labute approximate surface area is 197 Å². The lowest BCUT2D eigenvalue weighted by Gasteiger charge is -2.11. The summed E-state index contributed by atoms with van der Waals surface area (Å²) in [6.45, 7) is 0. The predicted molar refractivity (Wildman–Crippen MR) is 127 cm³/mol. The molecule has 0 aliphatic carbocycles. The first-order valence-electron chi connectivity index (χ1n) is 9.47. The monoisotopic (exact) mass is 540 g/mol. The molecule has 31 heavy (non-hydrogen) atoms. The van der Waals surface area contributed by atoms with Crippen molar-refractivity contribution in [1.82, 2.24) is 0 Å². The zero-order valence-corrected chi connectivity index (χ0v) is 19.4. The quantitative estimate of drug-likeness (QED) is 0.261. The summed E-state index contributed by atoms with van der Waals surface area (Å²) in [5.74, 6) is 3.11. The summed E-state index contributed by atoms with van der Waals surface area (Å²) in [4.78, 5) is 0. The highest BCUT2D eigenvalue weighted by Gasteiger charge is 2.08. The second-order valence-corrected chi connectivity index (χ2v) is 8.61. The molecule has 2 N–H and O–H groups in total. The molecule has 0 saturated heterocycles. The number of halogens is 2. The maximum atomic E-state index is 9.39. The molecule has 0 aliphatic heterocycles. The van der Waals surface area contributed by atoms with Gasteiger partial charge in [0.15, 0.2) is 0 Å². The number of hydrogen-bond donors (Lipinski definition) is 2. The number of aromatic hydroxyl groups is 2. The Bertz CT molecular complexity index is 1090. The van der Waals surface area contributed by atoms with E-state index in [-0.39, 0.29) is 11.5 Å². The maximum Gasteiger partial charge on any atom is 0.141 e. The predicted octanol–water partition coefficient (Wildman–Crippen LogP) is 7.80. The molecule has 0 amide bonds. The van der Waals surface area contributed by atoms with Gasteiger partial charge in [-0.1, -0.05) is 12.1 Å². The first-order valence-corrected chi connectivity index (χ1v) is 11.1. The fourth-order valence-corrected chi connectivity index (χ4v) is 4.01. The van der Waals surface area contributed by atoms with Crippen molar-refractivity contribution in [1.29, 1.82) is 0 Å². The van der Waals surface area contributed by atoms with Crippen LogP contribution in [0.3, 0.4) is 0 Å². The number of benzene rings is 4. The SMILES string of the molecule is Oc1ccc(Oc2ccc(Cc3ccc(Oc4ccc(O)cc4)c(Br)c3)cc2Br)cc1. The van der Waals surface area contributed by atoms with Crippen molar-refractivity contribution in [3.8, 4) is 34.5 Å². The molecule has 4 nitrogen and oxygen atoms in total. The molecule has 4 aromatic rings. The van der Waals surface area contributed by atoms with E-state index in [2.05, 4.69) is 31.9 Å². The Balaban J connectivity index is 1.44. The van der Waals surface area contributed by atoms with E-state index in [0.29, 0.717) is 23.0 Å². The lowest BCUT2D eigenvalue weighted by Crippen LogP contribution is -1.92. The number of hydrogen-bond acceptors (Lipinski definition) is 4. The first-order chi connectivity index (χ1) is 15.0. The van der Waals surface area contributed by atoms with Gasteiger partial charge in [0.25, 0.3) is 0 Å². The van der Waals surface area contributed by atoms with Crippen molar-refractivity contribution in [2.75, 3.05) is 0 Å². The Morgan fingerprint density at radius 2 is 0.935 bits per heavy atom. The highest BCUT2D eigenvalue weighted by molar-refractivity contribution is 9.10. The Kier molecular flexibility index (Phi) is 6.49. The molecule has 0 aliphatic rings. The molecule has 0 unspecified atom stereocenters. The lowest BCUT2D eigenvalue weighted by molar-refractivity contribution is 0.463. The summed E-state index contributed by atoms with van der Waals surface area (Å²) in [5.41, 5.74) is 2.26. The van der Waals surface area contributed by atoms with Crippen molar-refractivity contribution in [2.24, 2.45) is 0 Å². The second kappa shape index (κ2) is 9.45. The first kappa shape index (κ1) is 21.3. The lowest BCUT2D eigenvalue weighted by atomic mass is 10.0. The fourth-order valence-electron chi connectivity index (χ4n) is 2.99. The van der Waals surface area contributed by atoms with Crippen LogP contribution >= 0.6 is 31.9 Å². The molecule has 156 valence electrons.